The van der Waals surface area contributed by atoms with Gasteiger partial charge in [-0.05, 0) is 53.8 Å². The Morgan fingerprint density at radius 1 is 1.04 bits per heavy atom. The van der Waals surface area contributed by atoms with E-state index < -0.39 is 69.9 Å². The van der Waals surface area contributed by atoms with E-state index in [2.05, 4.69) is 16.8 Å². The van der Waals surface area contributed by atoms with Crippen LogP contribution in [0.15, 0.2) is 78.7 Å². The molecule has 0 saturated heterocycles. The highest BCUT2D eigenvalue weighted by Crippen LogP contribution is 2.48. The van der Waals surface area contributed by atoms with Crippen LogP contribution in [0.1, 0.15) is 70.3 Å². The molecule has 3 aromatic rings. The Morgan fingerprint density at radius 2 is 1.77 bits per heavy atom. The lowest BCUT2D eigenvalue weighted by atomic mass is 9.76. The molecular weight excluding hydrogens is 691 g/mol. The average Bonchev–Trinajstić information content (AvgIpc) is 3.05. The highest BCUT2D eigenvalue weighted by atomic mass is 35.5. The average molecular weight is 723 g/mol. The number of hydrogen-bond donors (Lipinski definition) is 3. The van der Waals surface area contributed by atoms with Gasteiger partial charge < -0.3 is 10.0 Å². The first kappa shape index (κ1) is 35.4. The number of nitrogens with zero attached hydrogens (tertiary/aromatic N) is 1. The van der Waals surface area contributed by atoms with Crippen molar-refractivity contribution in [2.24, 2.45) is 0 Å². The van der Waals surface area contributed by atoms with Gasteiger partial charge in [-0.15, -0.1) is 0 Å². The molecule has 0 unspecified atom stereocenters. The number of aliphatic carboxylic acids is 1. The molecule has 15 heteroatoms. The fourth-order valence-electron chi connectivity index (χ4n) is 6.35. The van der Waals surface area contributed by atoms with E-state index in [1.807, 2.05) is 0 Å². The van der Waals surface area contributed by atoms with Crippen LogP contribution >= 0.6 is 23.2 Å². The monoisotopic (exact) mass is 721 g/mol. The van der Waals surface area contributed by atoms with E-state index in [-0.39, 0.29) is 16.1 Å². The number of carbonyl (C=O) groups excluding carboxylic acids is 2. The molecule has 1 fully saturated rings. The Balaban J connectivity index is 1.54. The van der Waals surface area contributed by atoms with E-state index in [1.54, 1.807) is 36.4 Å². The zero-order chi connectivity index (χ0) is 34.8. The molecule has 0 bridgehead atoms. The normalized spacial score (nSPS) is 21.3. The maximum absolute atomic E-state index is 14.4. The van der Waals surface area contributed by atoms with Crippen LogP contribution in [0.4, 0.5) is 8.78 Å². The Kier molecular flexibility index (Phi) is 10.6. The van der Waals surface area contributed by atoms with Gasteiger partial charge in [0.25, 0.3) is 11.8 Å². The minimum atomic E-state index is -4.14. The van der Waals surface area contributed by atoms with E-state index in [0.29, 0.717) is 41.8 Å². The SMILES string of the molecule is C=CS(=O)(=O)N[C@H]1CCCC[C@@H]1N1C(=O)c2ccccc2[C@@H](C(=O)NOCc2cccc(C(F)(F)C(=O)O)c2)[C@@H]1c1ccc(Cl)cc1Cl. The quantitative estimate of drug-likeness (QED) is 0.204. The zero-order valence-corrected chi connectivity index (χ0v) is 27.6. The molecule has 254 valence electrons. The van der Waals surface area contributed by atoms with Gasteiger partial charge in [0.15, 0.2) is 0 Å². The number of carbonyl (C=O) groups is 3. The third kappa shape index (κ3) is 7.25. The van der Waals surface area contributed by atoms with Gasteiger partial charge in [0, 0.05) is 38.7 Å². The molecule has 1 heterocycles. The van der Waals surface area contributed by atoms with Gasteiger partial charge in [0.2, 0.25) is 10.0 Å². The van der Waals surface area contributed by atoms with Crippen molar-refractivity contribution in [3.63, 3.8) is 0 Å². The Bertz CT molecular complexity index is 1860. The largest absolute Gasteiger partial charge is 0.477 e. The summed E-state index contributed by atoms with van der Waals surface area (Å²) in [5.41, 5.74) is 2.73. The minimum Gasteiger partial charge on any atom is -0.477 e. The van der Waals surface area contributed by atoms with Crippen molar-refractivity contribution in [2.75, 3.05) is 0 Å². The van der Waals surface area contributed by atoms with Crippen LogP contribution in [0.5, 0.6) is 0 Å². The van der Waals surface area contributed by atoms with Gasteiger partial charge in [-0.1, -0.05) is 85.1 Å². The number of benzene rings is 3. The Labute approximate surface area is 285 Å². The summed E-state index contributed by atoms with van der Waals surface area (Å²) >= 11 is 12.9. The first-order valence-corrected chi connectivity index (χ1v) is 17.2. The molecule has 10 nitrogen and oxygen atoms in total. The van der Waals surface area contributed by atoms with E-state index in [0.717, 1.165) is 17.5 Å². The third-order valence-electron chi connectivity index (χ3n) is 8.53. The maximum atomic E-state index is 14.4. The van der Waals surface area contributed by atoms with Crippen LogP contribution < -0.4 is 10.2 Å². The Hall–Kier alpha value is -3.88. The molecule has 2 amide bonds. The molecule has 1 saturated carbocycles. The van der Waals surface area contributed by atoms with Crippen molar-refractivity contribution in [2.45, 2.75) is 62.3 Å². The molecule has 0 aromatic heterocycles. The van der Waals surface area contributed by atoms with Gasteiger partial charge >= 0.3 is 11.9 Å². The fourth-order valence-corrected chi connectivity index (χ4v) is 7.66. The number of fused-ring (bicyclic) bond motifs is 1. The second kappa shape index (κ2) is 14.3. The second-order valence-corrected chi connectivity index (χ2v) is 14.0. The third-order valence-corrected chi connectivity index (χ3v) is 10.2. The van der Waals surface area contributed by atoms with Crippen molar-refractivity contribution >= 4 is 51.0 Å². The summed E-state index contributed by atoms with van der Waals surface area (Å²) < 4.78 is 56.1. The van der Waals surface area contributed by atoms with Gasteiger partial charge in [-0.2, -0.15) is 8.78 Å². The lowest BCUT2D eigenvalue weighted by molar-refractivity contribution is -0.166. The summed E-state index contributed by atoms with van der Waals surface area (Å²) in [7, 11) is -3.90. The van der Waals surface area contributed by atoms with Crippen LogP contribution in [0, 0.1) is 0 Å². The number of alkyl halides is 2. The van der Waals surface area contributed by atoms with E-state index in [1.165, 1.54) is 23.1 Å². The first-order chi connectivity index (χ1) is 22.7. The zero-order valence-electron chi connectivity index (χ0n) is 25.2. The summed E-state index contributed by atoms with van der Waals surface area (Å²) in [6.07, 6.45) is 2.22. The molecule has 0 radical (unpaired) electrons. The van der Waals surface area contributed by atoms with Gasteiger partial charge in [-0.3, -0.25) is 14.4 Å². The molecule has 2 aliphatic rings. The predicted molar refractivity (Wildman–Crippen MR) is 174 cm³/mol. The molecule has 4 atom stereocenters. The molecular formula is C33H31Cl2F2N3O7S. The Morgan fingerprint density at radius 3 is 2.48 bits per heavy atom. The van der Waals surface area contributed by atoms with Crippen LogP contribution in [0.3, 0.4) is 0 Å². The van der Waals surface area contributed by atoms with Gasteiger partial charge in [-0.25, -0.2) is 23.4 Å². The van der Waals surface area contributed by atoms with Crippen molar-refractivity contribution in [3.05, 3.63) is 117 Å². The van der Waals surface area contributed by atoms with E-state index in [9.17, 15) is 31.6 Å². The smallest absolute Gasteiger partial charge is 0.379 e. The number of rotatable bonds is 11. The fraction of sp³-hybridized carbons (Fsp3) is 0.303. The summed E-state index contributed by atoms with van der Waals surface area (Å²) in [6.45, 7) is 2.99. The van der Waals surface area contributed by atoms with Crippen molar-refractivity contribution < 1.29 is 41.5 Å². The summed E-state index contributed by atoms with van der Waals surface area (Å²) in [6, 6.07) is 13.3. The van der Waals surface area contributed by atoms with Crippen LogP contribution in [0.2, 0.25) is 10.0 Å². The lowest BCUT2D eigenvalue weighted by Gasteiger charge is -2.49. The minimum absolute atomic E-state index is 0.159. The van der Waals surface area contributed by atoms with Crippen molar-refractivity contribution in [1.29, 1.82) is 0 Å². The molecule has 1 aliphatic heterocycles. The number of carboxylic acid groups (broad SMARTS) is 1. The number of amides is 2. The molecule has 3 aromatic carbocycles. The van der Waals surface area contributed by atoms with E-state index >= 15 is 0 Å². The number of sulfonamides is 1. The van der Waals surface area contributed by atoms with Gasteiger partial charge in [0.05, 0.1) is 18.6 Å². The number of nitrogens with one attached hydrogen (secondary N) is 2. The highest BCUT2D eigenvalue weighted by Gasteiger charge is 2.49. The molecule has 3 N–H and O–H groups in total. The summed E-state index contributed by atoms with van der Waals surface area (Å²) in [5.74, 6) is -8.73. The van der Waals surface area contributed by atoms with Crippen LogP contribution in [-0.2, 0) is 37.0 Å². The summed E-state index contributed by atoms with van der Waals surface area (Å²) in [5, 5.41) is 10.2. The first-order valence-electron chi connectivity index (χ1n) is 14.9. The van der Waals surface area contributed by atoms with Crippen molar-refractivity contribution in [1.82, 2.24) is 15.1 Å². The second-order valence-electron chi connectivity index (χ2n) is 11.5. The van der Waals surface area contributed by atoms with Crippen LogP contribution in [0.25, 0.3) is 0 Å². The molecule has 48 heavy (non-hydrogen) atoms. The number of hydrogen-bond acceptors (Lipinski definition) is 6. The maximum Gasteiger partial charge on any atom is 0.379 e. The summed E-state index contributed by atoms with van der Waals surface area (Å²) in [4.78, 5) is 46.6. The van der Waals surface area contributed by atoms with Gasteiger partial charge in [0.1, 0.15) is 0 Å². The predicted octanol–water partition coefficient (Wildman–Crippen LogP) is 6.07. The number of hydroxylamine groups is 1. The molecule has 0 spiro atoms. The molecule has 1 aliphatic carbocycles. The highest BCUT2D eigenvalue weighted by molar-refractivity contribution is 7.92. The molecule has 5 rings (SSSR count). The number of carboxylic acids is 1. The van der Waals surface area contributed by atoms with Crippen molar-refractivity contribution in [3.8, 4) is 0 Å². The standard InChI is InChI=1S/C33H31Cl2F2N3O7S/c1-2-48(45,46)39-26-12-5-6-13-27(26)40-29(24-15-14-21(34)17-25(24)35)28(22-10-3-4-11-23(22)31(40)42)30(41)38-47-18-19-8-7-9-20(16-19)33(36,37)32(43)44/h2-4,7-11,14-17,26-29,39H,1,5-6,12-13,18H2,(H,38,41)(H,43,44)/t26-,27-,28+,29-/m0/s1. The van der Waals surface area contributed by atoms with Crippen LogP contribution in [-0.4, -0.2) is 48.3 Å². The van der Waals surface area contributed by atoms with E-state index in [4.69, 9.17) is 33.1 Å². The number of halogens is 4. The lowest BCUT2D eigenvalue weighted by Crippen LogP contribution is -2.59. The topological polar surface area (TPSA) is 142 Å².